The number of allylic oxidation sites excluding steroid dienone is 5. The Morgan fingerprint density at radius 1 is 0.966 bits per heavy atom. The number of aliphatic carboxylic acids is 1. The van der Waals surface area contributed by atoms with E-state index in [0.717, 1.165) is 37.8 Å². The Kier molecular flexibility index (Phi) is 14.4. The van der Waals surface area contributed by atoms with Crippen molar-refractivity contribution in [1.29, 1.82) is 0 Å². The number of carboxylic acid groups (broad SMARTS) is 1. The Bertz CT molecular complexity index is 674. The molecule has 0 spiro atoms. The van der Waals surface area contributed by atoms with Gasteiger partial charge in [-0.2, -0.15) is 11.8 Å². The van der Waals surface area contributed by atoms with Crippen LogP contribution < -0.4 is 11.1 Å². The van der Waals surface area contributed by atoms with Gasteiger partial charge in [0.1, 0.15) is 6.04 Å². The number of hydrogen-bond acceptors (Lipinski definition) is 4. The lowest BCUT2D eigenvalue weighted by atomic mass is 10.1. The summed E-state index contributed by atoms with van der Waals surface area (Å²) in [4.78, 5) is 33.4. The number of hydrogen-bond donors (Lipinski definition) is 3. The number of carbonyl (C=O) groups excluding carboxylic acids is 2. The zero-order chi connectivity index (χ0) is 22.2. The normalized spacial score (nSPS) is 13.2. The fourth-order valence-electron chi connectivity index (χ4n) is 2.28. The molecule has 1 unspecified atom stereocenters. The van der Waals surface area contributed by atoms with Gasteiger partial charge in [0.05, 0.1) is 0 Å². The molecule has 0 aromatic carbocycles. The van der Waals surface area contributed by atoms with Crippen LogP contribution in [0.5, 0.6) is 0 Å². The van der Waals surface area contributed by atoms with E-state index in [0.29, 0.717) is 5.75 Å². The monoisotopic (exact) mass is 422 g/mol. The minimum Gasteiger partial charge on any atom is -0.480 e. The molecule has 2 amide bonds. The van der Waals surface area contributed by atoms with Crippen LogP contribution in [0.4, 0.5) is 0 Å². The van der Waals surface area contributed by atoms with Gasteiger partial charge in [0.15, 0.2) is 0 Å². The van der Waals surface area contributed by atoms with Gasteiger partial charge in [0.2, 0.25) is 11.8 Å². The molecule has 1 atom stereocenters. The van der Waals surface area contributed by atoms with Gasteiger partial charge in [-0.1, -0.05) is 34.9 Å². The number of thioether (sulfide) groups is 1. The van der Waals surface area contributed by atoms with Gasteiger partial charge < -0.3 is 16.2 Å². The molecular weight excluding hydrogens is 388 g/mol. The summed E-state index contributed by atoms with van der Waals surface area (Å²) in [5.41, 5.74) is 8.90. The van der Waals surface area contributed by atoms with Crippen molar-refractivity contribution in [3.8, 4) is 0 Å². The number of amides is 2. The molecule has 0 fully saturated rings. The minimum atomic E-state index is -1.12. The van der Waals surface area contributed by atoms with E-state index in [9.17, 15) is 19.5 Å². The van der Waals surface area contributed by atoms with Crippen LogP contribution in [-0.4, -0.2) is 40.4 Å². The van der Waals surface area contributed by atoms with Crippen LogP contribution in [0.15, 0.2) is 47.1 Å². The number of carbonyl (C=O) groups is 3. The highest BCUT2D eigenvalue weighted by Crippen LogP contribution is 2.13. The van der Waals surface area contributed by atoms with Gasteiger partial charge in [-0.15, -0.1) is 0 Å². The fourth-order valence-corrected chi connectivity index (χ4v) is 3.28. The maximum Gasteiger partial charge on any atom is 0.327 e. The van der Waals surface area contributed by atoms with Crippen LogP contribution in [0.2, 0.25) is 0 Å². The molecule has 0 heterocycles. The van der Waals surface area contributed by atoms with Crippen molar-refractivity contribution < 1.29 is 19.5 Å². The van der Waals surface area contributed by atoms with Crippen molar-refractivity contribution in [1.82, 2.24) is 5.32 Å². The quantitative estimate of drug-likeness (QED) is 0.224. The molecule has 7 heteroatoms. The van der Waals surface area contributed by atoms with Crippen molar-refractivity contribution in [2.24, 2.45) is 5.73 Å². The van der Waals surface area contributed by atoms with Crippen molar-refractivity contribution in [3.05, 3.63) is 47.1 Å². The second kappa shape index (κ2) is 15.6. The van der Waals surface area contributed by atoms with Gasteiger partial charge in [0.25, 0.3) is 0 Å². The number of nitrogens with two attached hydrogens (primary N) is 1. The second-order valence-corrected chi connectivity index (χ2v) is 8.21. The molecule has 0 aliphatic heterocycles. The Labute approximate surface area is 178 Å². The molecule has 0 saturated carbocycles. The summed E-state index contributed by atoms with van der Waals surface area (Å²) in [6, 6.07) is -1.02. The van der Waals surface area contributed by atoms with Crippen LogP contribution in [0.1, 0.15) is 53.4 Å². The summed E-state index contributed by atoms with van der Waals surface area (Å²) < 4.78 is 0. The lowest BCUT2D eigenvalue weighted by molar-refractivity contribution is -0.140. The first kappa shape index (κ1) is 26.7. The van der Waals surface area contributed by atoms with Gasteiger partial charge in [-0.25, -0.2) is 4.79 Å². The third-order valence-electron chi connectivity index (χ3n) is 3.97. The number of primary amides is 1. The van der Waals surface area contributed by atoms with E-state index < -0.39 is 23.8 Å². The standard InChI is InChI=1S/C22H34N2O4S/c1-16(2)7-5-8-17(3)9-6-10-18(4)13-14-29-15-19(22(27)28)24-21(26)12-11-20(23)25/h7,9,11-13,19H,5-6,8,10,14-15H2,1-4H3,(H2,23,25)(H,24,26)(H,27,28). The molecule has 0 bridgehead atoms. The molecule has 6 nitrogen and oxygen atoms in total. The average Bonchev–Trinajstić information content (AvgIpc) is 2.61. The van der Waals surface area contributed by atoms with Crippen LogP contribution in [0.25, 0.3) is 0 Å². The Morgan fingerprint density at radius 3 is 2.10 bits per heavy atom. The van der Waals surface area contributed by atoms with Crippen molar-refractivity contribution in [2.75, 3.05) is 11.5 Å². The zero-order valence-corrected chi connectivity index (χ0v) is 18.7. The smallest absolute Gasteiger partial charge is 0.327 e. The molecule has 0 aliphatic rings. The first-order valence-corrected chi connectivity index (χ1v) is 10.8. The van der Waals surface area contributed by atoms with Gasteiger partial charge >= 0.3 is 5.97 Å². The highest BCUT2D eigenvalue weighted by molar-refractivity contribution is 7.99. The van der Waals surface area contributed by atoms with E-state index in [1.54, 1.807) is 0 Å². The highest BCUT2D eigenvalue weighted by Gasteiger charge is 2.18. The average molecular weight is 423 g/mol. The summed E-state index contributed by atoms with van der Waals surface area (Å²) >= 11 is 1.43. The van der Waals surface area contributed by atoms with E-state index in [1.165, 1.54) is 28.5 Å². The fraction of sp³-hybridized carbons (Fsp3) is 0.500. The predicted molar refractivity (Wildman–Crippen MR) is 121 cm³/mol. The van der Waals surface area contributed by atoms with E-state index in [-0.39, 0.29) is 5.75 Å². The van der Waals surface area contributed by atoms with Crippen molar-refractivity contribution >= 4 is 29.5 Å². The summed E-state index contributed by atoms with van der Waals surface area (Å²) in [7, 11) is 0. The zero-order valence-electron chi connectivity index (χ0n) is 17.9. The molecule has 29 heavy (non-hydrogen) atoms. The SMILES string of the molecule is CC(C)=CCCC(C)=CCCC(C)=CCSCC(NC(=O)C=CC(N)=O)C(=O)O. The van der Waals surface area contributed by atoms with Crippen LogP contribution in [0, 0.1) is 0 Å². The maximum absolute atomic E-state index is 11.6. The van der Waals surface area contributed by atoms with Crippen LogP contribution in [0.3, 0.4) is 0 Å². The molecule has 0 aliphatic carbocycles. The summed E-state index contributed by atoms with van der Waals surface area (Å²) in [5, 5.41) is 11.5. The lowest BCUT2D eigenvalue weighted by Gasteiger charge is -2.12. The summed E-state index contributed by atoms with van der Waals surface area (Å²) in [6.07, 6.45) is 12.6. The number of nitrogens with one attached hydrogen (secondary N) is 1. The summed E-state index contributed by atoms with van der Waals surface area (Å²) in [6.45, 7) is 8.45. The molecule has 4 N–H and O–H groups in total. The summed E-state index contributed by atoms with van der Waals surface area (Å²) in [5.74, 6) is -1.63. The molecular formula is C22H34N2O4S. The first-order valence-electron chi connectivity index (χ1n) is 9.65. The molecule has 0 aromatic rings. The Hall–Kier alpha value is -2.28. The third kappa shape index (κ3) is 16.4. The van der Waals surface area contributed by atoms with E-state index >= 15 is 0 Å². The first-order chi connectivity index (χ1) is 13.6. The Morgan fingerprint density at radius 2 is 1.55 bits per heavy atom. The van der Waals surface area contributed by atoms with Gasteiger partial charge in [0, 0.05) is 23.7 Å². The van der Waals surface area contributed by atoms with E-state index in [2.05, 4.69) is 51.2 Å². The topological polar surface area (TPSA) is 109 Å². The number of carboxylic acids is 1. The lowest BCUT2D eigenvalue weighted by Crippen LogP contribution is -2.42. The third-order valence-corrected chi connectivity index (χ3v) is 4.94. The van der Waals surface area contributed by atoms with Gasteiger partial charge in [-0.05, 0) is 53.4 Å². The molecule has 162 valence electrons. The second-order valence-electron chi connectivity index (χ2n) is 7.13. The molecule has 0 rings (SSSR count). The molecule has 0 radical (unpaired) electrons. The largest absolute Gasteiger partial charge is 0.480 e. The molecule has 0 saturated heterocycles. The van der Waals surface area contributed by atoms with Crippen LogP contribution >= 0.6 is 11.8 Å². The van der Waals surface area contributed by atoms with Gasteiger partial charge in [-0.3, -0.25) is 9.59 Å². The van der Waals surface area contributed by atoms with Crippen LogP contribution in [-0.2, 0) is 14.4 Å². The van der Waals surface area contributed by atoms with Crippen molar-refractivity contribution in [2.45, 2.75) is 59.4 Å². The van der Waals surface area contributed by atoms with E-state index in [4.69, 9.17) is 5.73 Å². The predicted octanol–water partition coefficient (Wildman–Crippen LogP) is 3.75. The maximum atomic E-state index is 11.6. The van der Waals surface area contributed by atoms with Crippen molar-refractivity contribution in [3.63, 3.8) is 0 Å². The van der Waals surface area contributed by atoms with E-state index in [1.807, 2.05) is 0 Å². The Balaban J connectivity index is 4.27. The molecule has 0 aromatic heterocycles. The number of rotatable bonds is 14. The highest BCUT2D eigenvalue weighted by atomic mass is 32.2. The minimum absolute atomic E-state index is 0.235.